The maximum absolute atomic E-state index is 11.9. The molecular formula is C19H30IN5O. The molecule has 1 aromatic heterocycles. The van der Waals surface area contributed by atoms with Crippen molar-refractivity contribution >= 4 is 41.7 Å². The van der Waals surface area contributed by atoms with Crippen molar-refractivity contribution in [3.8, 4) is 0 Å². The second-order valence-corrected chi connectivity index (χ2v) is 6.30. The third-order valence-corrected chi connectivity index (χ3v) is 4.17. The number of pyridine rings is 1. The molecule has 0 aromatic carbocycles. The van der Waals surface area contributed by atoms with Gasteiger partial charge in [-0.25, -0.2) is 4.98 Å². The summed E-state index contributed by atoms with van der Waals surface area (Å²) in [5.74, 6) is 1.25. The van der Waals surface area contributed by atoms with Crippen LogP contribution in [-0.4, -0.2) is 37.0 Å². The summed E-state index contributed by atoms with van der Waals surface area (Å²) in [6, 6.07) is 3.73. The van der Waals surface area contributed by atoms with Gasteiger partial charge in [0.1, 0.15) is 5.82 Å². The standard InChI is InChI=1S/C19H29N5O.HI/c1-15-8-9-17(23-14-15)24-18(25)11-13-22-19(20-2)21-12-10-16-6-4-3-5-7-16;/h6,8-9,14H,3-5,7,10-13H2,1-2H3,(H2,20,21,22)(H,23,24,25);1H. The maximum Gasteiger partial charge on any atom is 0.227 e. The number of hydrogen-bond donors (Lipinski definition) is 3. The molecule has 144 valence electrons. The largest absolute Gasteiger partial charge is 0.356 e. The summed E-state index contributed by atoms with van der Waals surface area (Å²) in [7, 11) is 1.74. The highest BCUT2D eigenvalue weighted by Crippen LogP contribution is 2.19. The van der Waals surface area contributed by atoms with E-state index in [9.17, 15) is 4.79 Å². The Balaban J connectivity index is 0.00000338. The molecule has 0 aliphatic heterocycles. The van der Waals surface area contributed by atoms with Crippen molar-refractivity contribution in [3.63, 3.8) is 0 Å². The molecule has 0 spiro atoms. The topological polar surface area (TPSA) is 78.4 Å². The zero-order chi connectivity index (χ0) is 17.9. The van der Waals surface area contributed by atoms with E-state index in [-0.39, 0.29) is 29.9 Å². The van der Waals surface area contributed by atoms with Crippen molar-refractivity contribution < 1.29 is 4.79 Å². The first-order valence-corrected chi connectivity index (χ1v) is 9.02. The van der Waals surface area contributed by atoms with E-state index in [2.05, 4.69) is 32.0 Å². The molecule has 0 atom stereocenters. The lowest BCUT2D eigenvalue weighted by Gasteiger charge is -2.15. The average molecular weight is 471 g/mol. The number of hydrogen-bond acceptors (Lipinski definition) is 3. The number of aliphatic imine (C=N–C) groups is 1. The van der Waals surface area contributed by atoms with Gasteiger partial charge < -0.3 is 16.0 Å². The molecule has 0 unspecified atom stereocenters. The van der Waals surface area contributed by atoms with Crippen LogP contribution in [0.2, 0.25) is 0 Å². The molecule has 1 aliphatic carbocycles. The lowest BCUT2D eigenvalue weighted by molar-refractivity contribution is -0.116. The lowest BCUT2D eigenvalue weighted by atomic mass is 9.97. The van der Waals surface area contributed by atoms with Crippen LogP contribution in [-0.2, 0) is 4.79 Å². The summed E-state index contributed by atoms with van der Waals surface area (Å²) in [6.45, 7) is 3.36. The fourth-order valence-corrected chi connectivity index (χ4v) is 2.74. The molecule has 3 N–H and O–H groups in total. The molecule has 0 bridgehead atoms. The average Bonchev–Trinajstić information content (AvgIpc) is 2.63. The van der Waals surface area contributed by atoms with Gasteiger partial charge in [0, 0.05) is 32.8 Å². The number of aromatic nitrogens is 1. The number of nitrogens with zero attached hydrogens (tertiary/aromatic N) is 2. The highest BCUT2D eigenvalue weighted by Gasteiger charge is 2.06. The van der Waals surface area contributed by atoms with Crippen molar-refractivity contribution in [3.05, 3.63) is 35.5 Å². The molecule has 1 aliphatic rings. The molecule has 1 aromatic rings. The van der Waals surface area contributed by atoms with E-state index in [1.807, 2.05) is 13.0 Å². The van der Waals surface area contributed by atoms with Crippen LogP contribution >= 0.6 is 24.0 Å². The van der Waals surface area contributed by atoms with Crippen molar-refractivity contribution in [1.29, 1.82) is 0 Å². The Morgan fingerprint density at radius 1 is 1.23 bits per heavy atom. The van der Waals surface area contributed by atoms with Crippen LogP contribution in [0.1, 0.15) is 44.1 Å². The number of guanidine groups is 1. The summed E-state index contributed by atoms with van der Waals surface area (Å²) in [5.41, 5.74) is 2.61. The number of carbonyl (C=O) groups excluding carboxylic acids is 1. The number of rotatable bonds is 7. The number of amides is 1. The van der Waals surface area contributed by atoms with Gasteiger partial charge in [-0.1, -0.05) is 17.7 Å². The third-order valence-electron chi connectivity index (χ3n) is 4.17. The number of carbonyl (C=O) groups is 1. The fourth-order valence-electron chi connectivity index (χ4n) is 2.74. The summed E-state index contributed by atoms with van der Waals surface area (Å²) in [4.78, 5) is 20.3. The van der Waals surface area contributed by atoms with Crippen molar-refractivity contribution in [2.45, 2.75) is 45.4 Å². The third kappa shape index (κ3) is 8.64. The van der Waals surface area contributed by atoms with Gasteiger partial charge in [-0.3, -0.25) is 9.79 Å². The zero-order valence-electron chi connectivity index (χ0n) is 15.7. The minimum Gasteiger partial charge on any atom is -0.356 e. The fraction of sp³-hybridized carbons (Fsp3) is 0.526. The quantitative estimate of drug-likeness (QED) is 0.247. The van der Waals surface area contributed by atoms with E-state index in [0.29, 0.717) is 18.8 Å². The molecule has 7 heteroatoms. The first kappa shape index (κ1) is 22.4. The maximum atomic E-state index is 11.9. The Hall–Kier alpha value is -1.64. The zero-order valence-corrected chi connectivity index (χ0v) is 18.0. The molecule has 2 rings (SSSR count). The molecule has 26 heavy (non-hydrogen) atoms. The summed E-state index contributed by atoms with van der Waals surface area (Å²) in [6.07, 6.45) is 10.6. The minimum absolute atomic E-state index is 0. The van der Waals surface area contributed by atoms with Crippen molar-refractivity contribution in [1.82, 2.24) is 15.6 Å². The monoisotopic (exact) mass is 471 g/mol. The van der Waals surface area contributed by atoms with Gasteiger partial charge in [0.05, 0.1) is 0 Å². The van der Waals surface area contributed by atoms with Gasteiger partial charge in [-0.2, -0.15) is 0 Å². The SMILES string of the molecule is CN=C(NCCC(=O)Nc1ccc(C)cn1)NCCC1=CCCCC1.I. The summed E-state index contributed by atoms with van der Waals surface area (Å²) < 4.78 is 0. The van der Waals surface area contributed by atoms with Gasteiger partial charge in [0.2, 0.25) is 5.91 Å². The summed E-state index contributed by atoms with van der Waals surface area (Å²) in [5, 5.41) is 9.26. The van der Waals surface area contributed by atoms with E-state index < -0.39 is 0 Å². The van der Waals surface area contributed by atoms with E-state index in [1.165, 1.54) is 25.7 Å². The molecule has 0 saturated carbocycles. The van der Waals surface area contributed by atoms with Gasteiger partial charge in [-0.15, -0.1) is 24.0 Å². The highest BCUT2D eigenvalue weighted by molar-refractivity contribution is 14.0. The normalized spacial score (nSPS) is 14.1. The number of allylic oxidation sites excluding steroid dienone is 1. The lowest BCUT2D eigenvalue weighted by Crippen LogP contribution is -2.39. The molecule has 0 saturated heterocycles. The number of aryl methyl sites for hydroxylation is 1. The Morgan fingerprint density at radius 3 is 2.69 bits per heavy atom. The Bertz CT molecular complexity index is 613. The number of halogens is 1. The van der Waals surface area contributed by atoms with Gasteiger partial charge >= 0.3 is 0 Å². The predicted octanol–water partition coefficient (Wildman–Crippen LogP) is 3.39. The molecular weight excluding hydrogens is 441 g/mol. The Labute approximate surface area is 173 Å². The molecule has 6 nitrogen and oxygen atoms in total. The van der Waals surface area contributed by atoms with E-state index in [1.54, 1.807) is 24.9 Å². The van der Waals surface area contributed by atoms with Crippen LogP contribution in [0.25, 0.3) is 0 Å². The van der Waals surface area contributed by atoms with Gasteiger partial charge in [0.15, 0.2) is 5.96 Å². The van der Waals surface area contributed by atoms with Crippen molar-refractivity contribution in [2.75, 3.05) is 25.5 Å². The predicted molar refractivity (Wildman–Crippen MR) is 118 cm³/mol. The molecule has 1 heterocycles. The van der Waals surface area contributed by atoms with Crippen LogP contribution in [0, 0.1) is 6.92 Å². The Morgan fingerprint density at radius 2 is 2.04 bits per heavy atom. The second kappa shape index (κ2) is 12.7. The smallest absolute Gasteiger partial charge is 0.227 e. The van der Waals surface area contributed by atoms with Crippen LogP contribution in [0.15, 0.2) is 35.0 Å². The second-order valence-electron chi connectivity index (χ2n) is 6.30. The molecule has 1 amide bonds. The molecule has 0 radical (unpaired) electrons. The van der Waals surface area contributed by atoms with Crippen LogP contribution in [0.4, 0.5) is 5.82 Å². The van der Waals surface area contributed by atoms with Crippen LogP contribution < -0.4 is 16.0 Å². The summed E-state index contributed by atoms with van der Waals surface area (Å²) >= 11 is 0. The van der Waals surface area contributed by atoms with E-state index >= 15 is 0 Å². The van der Waals surface area contributed by atoms with Crippen LogP contribution in [0.3, 0.4) is 0 Å². The molecule has 0 fully saturated rings. The van der Waals surface area contributed by atoms with Gasteiger partial charge in [0.25, 0.3) is 0 Å². The number of anilines is 1. The minimum atomic E-state index is -0.0633. The number of nitrogens with one attached hydrogen (secondary N) is 3. The Kier molecular flexibility index (Phi) is 10.9. The van der Waals surface area contributed by atoms with E-state index in [4.69, 9.17) is 0 Å². The van der Waals surface area contributed by atoms with Gasteiger partial charge in [-0.05, 0) is 50.7 Å². The van der Waals surface area contributed by atoms with Crippen LogP contribution in [0.5, 0.6) is 0 Å². The van der Waals surface area contributed by atoms with Crippen molar-refractivity contribution in [2.24, 2.45) is 4.99 Å². The highest BCUT2D eigenvalue weighted by atomic mass is 127. The first-order valence-electron chi connectivity index (χ1n) is 9.02. The first-order chi connectivity index (χ1) is 12.2. The van der Waals surface area contributed by atoms with E-state index in [0.717, 1.165) is 24.5 Å².